The quantitative estimate of drug-likeness (QED) is 0.556. The summed E-state index contributed by atoms with van der Waals surface area (Å²) >= 11 is 0. The van der Waals surface area contributed by atoms with Crippen molar-refractivity contribution in [2.75, 3.05) is 30.3 Å². The van der Waals surface area contributed by atoms with Crippen LogP contribution in [-0.2, 0) is 6.42 Å². The molecule has 0 saturated carbocycles. The van der Waals surface area contributed by atoms with E-state index in [0.717, 1.165) is 29.7 Å². The molecule has 0 fully saturated rings. The molecule has 0 amide bonds. The van der Waals surface area contributed by atoms with Crippen molar-refractivity contribution in [3.63, 3.8) is 0 Å². The van der Waals surface area contributed by atoms with E-state index in [1.165, 1.54) is 5.56 Å². The van der Waals surface area contributed by atoms with E-state index in [-0.39, 0.29) is 6.61 Å². The zero-order valence-corrected chi connectivity index (χ0v) is 13.6. The molecule has 2 aromatic carbocycles. The molecule has 0 aliphatic carbocycles. The van der Waals surface area contributed by atoms with Crippen molar-refractivity contribution in [1.82, 2.24) is 9.97 Å². The highest BCUT2D eigenvalue weighted by Gasteiger charge is 2.07. The lowest BCUT2D eigenvalue weighted by atomic mass is 10.1. The molecule has 0 aliphatic heterocycles. The Labute approximate surface area is 141 Å². The van der Waals surface area contributed by atoms with E-state index in [9.17, 15) is 0 Å². The Morgan fingerprint density at radius 2 is 1.62 bits per heavy atom. The van der Waals surface area contributed by atoms with Crippen molar-refractivity contribution in [3.05, 3.63) is 60.2 Å². The molecule has 0 unspecified atom stereocenters. The van der Waals surface area contributed by atoms with Gasteiger partial charge in [-0.3, -0.25) is 0 Å². The van der Waals surface area contributed by atoms with E-state index in [1.54, 1.807) is 0 Å². The Balaban J connectivity index is 1.74. The first-order chi connectivity index (χ1) is 11.9. The van der Waals surface area contributed by atoms with Crippen LogP contribution in [0.5, 0.6) is 0 Å². The van der Waals surface area contributed by atoms with Crippen LogP contribution in [0.4, 0.5) is 11.8 Å². The average molecular weight is 322 g/mol. The summed E-state index contributed by atoms with van der Waals surface area (Å²) in [5.74, 6) is 1.42. The highest BCUT2D eigenvalue weighted by molar-refractivity contribution is 5.90. The fourth-order valence-corrected chi connectivity index (χ4v) is 2.54. The molecule has 0 bridgehead atoms. The minimum atomic E-state index is 0.156. The molecule has 0 atom stereocenters. The Hall–Kier alpha value is -2.66. The summed E-state index contributed by atoms with van der Waals surface area (Å²) in [6, 6.07) is 18.4. The molecular weight excluding hydrogens is 300 g/mol. The highest BCUT2D eigenvalue weighted by atomic mass is 16.3. The van der Waals surface area contributed by atoms with Gasteiger partial charge in [0, 0.05) is 25.1 Å². The lowest BCUT2D eigenvalue weighted by Crippen LogP contribution is -2.11. The molecular formula is C19H22N4O. The van der Waals surface area contributed by atoms with E-state index in [2.05, 4.69) is 44.9 Å². The van der Waals surface area contributed by atoms with E-state index >= 15 is 0 Å². The minimum Gasteiger partial charge on any atom is -0.396 e. The molecule has 0 saturated heterocycles. The van der Waals surface area contributed by atoms with Gasteiger partial charge in [-0.05, 0) is 30.5 Å². The average Bonchev–Trinajstić information content (AvgIpc) is 2.63. The van der Waals surface area contributed by atoms with Gasteiger partial charge in [-0.1, -0.05) is 42.5 Å². The van der Waals surface area contributed by atoms with E-state index in [4.69, 9.17) is 5.11 Å². The Bertz CT molecular complexity index is 777. The number of aliphatic hydroxyl groups excluding tert-OH is 1. The first-order valence-electron chi connectivity index (χ1n) is 8.26. The normalized spacial score (nSPS) is 10.7. The summed E-state index contributed by atoms with van der Waals surface area (Å²) < 4.78 is 0. The molecule has 24 heavy (non-hydrogen) atoms. The summed E-state index contributed by atoms with van der Waals surface area (Å²) in [6.07, 6.45) is 1.61. The van der Waals surface area contributed by atoms with Gasteiger partial charge >= 0.3 is 0 Å². The largest absolute Gasteiger partial charge is 0.396 e. The monoisotopic (exact) mass is 322 g/mol. The number of benzene rings is 2. The van der Waals surface area contributed by atoms with E-state index in [1.807, 2.05) is 30.3 Å². The standard InChI is InChI=1S/C19H22N4O/c24-14-6-12-21-19-22-17-10-5-4-9-16(17)18(23-19)20-13-11-15-7-2-1-3-8-15/h1-5,7-10,24H,6,11-14H2,(H2,20,21,22,23). The minimum absolute atomic E-state index is 0.156. The number of hydrogen-bond donors (Lipinski definition) is 3. The summed E-state index contributed by atoms with van der Waals surface area (Å²) in [5, 5.41) is 16.5. The second kappa shape index (κ2) is 8.26. The lowest BCUT2D eigenvalue weighted by Gasteiger charge is -2.11. The van der Waals surface area contributed by atoms with Crippen LogP contribution >= 0.6 is 0 Å². The zero-order chi connectivity index (χ0) is 16.6. The second-order valence-corrected chi connectivity index (χ2v) is 5.58. The number of anilines is 2. The van der Waals surface area contributed by atoms with Crippen LogP contribution < -0.4 is 10.6 Å². The van der Waals surface area contributed by atoms with Gasteiger partial charge in [0.25, 0.3) is 0 Å². The molecule has 5 heteroatoms. The number of hydrogen-bond acceptors (Lipinski definition) is 5. The summed E-state index contributed by atoms with van der Waals surface area (Å²) in [7, 11) is 0. The molecule has 1 heterocycles. The summed E-state index contributed by atoms with van der Waals surface area (Å²) in [6.45, 7) is 1.61. The van der Waals surface area contributed by atoms with E-state index in [0.29, 0.717) is 18.9 Å². The number of nitrogens with zero attached hydrogens (tertiary/aromatic N) is 2. The van der Waals surface area contributed by atoms with Crippen molar-refractivity contribution in [3.8, 4) is 0 Å². The van der Waals surface area contributed by atoms with Crippen molar-refractivity contribution >= 4 is 22.7 Å². The molecule has 3 aromatic rings. The molecule has 0 aliphatic rings. The number of aliphatic hydroxyl groups is 1. The highest BCUT2D eigenvalue weighted by Crippen LogP contribution is 2.21. The molecule has 1 aromatic heterocycles. The van der Waals surface area contributed by atoms with Gasteiger partial charge < -0.3 is 15.7 Å². The number of fused-ring (bicyclic) bond motifs is 1. The Morgan fingerprint density at radius 3 is 2.46 bits per heavy atom. The number of aromatic nitrogens is 2. The number of para-hydroxylation sites is 1. The predicted octanol–water partition coefficient (Wildman–Crippen LogP) is 3.08. The zero-order valence-electron chi connectivity index (χ0n) is 13.6. The van der Waals surface area contributed by atoms with Gasteiger partial charge in [-0.15, -0.1) is 0 Å². The van der Waals surface area contributed by atoms with Gasteiger partial charge in [0.1, 0.15) is 5.82 Å². The molecule has 124 valence electrons. The van der Waals surface area contributed by atoms with Gasteiger partial charge in [-0.25, -0.2) is 4.98 Å². The first-order valence-corrected chi connectivity index (χ1v) is 8.26. The third-order valence-electron chi connectivity index (χ3n) is 3.77. The van der Waals surface area contributed by atoms with Crippen molar-refractivity contribution < 1.29 is 5.11 Å². The molecule has 0 spiro atoms. The maximum absolute atomic E-state index is 8.90. The molecule has 3 N–H and O–H groups in total. The number of nitrogens with one attached hydrogen (secondary N) is 2. The van der Waals surface area contributed by atoms with Gasteiger partial charge in [0.15, 0.2) is 0 Å². The van der Waals surface area contributed by atoms with Gasteiger partial charge in [-0.2, -0.15) is 4.98 Å². The van der Waals surface area contributed by atoms with Gasteiger partial charge in [0.2, 0.25) is 5.95 Å². The fraction of sp³-hybridized carbons (Fsp3) is 0.263. The lowest BCUT2D eigenvalue weighted by molar-refractivity contribution is 0.292. The third kappa shape index (κ3) is 4.20. The summed E-state index contributed by atoms with van der Waals surface area (Å²) in [5.41, 5.74) is 2.20. The van der Waals surface area contributed by atoms with Crippen molar-refractivity contribution in [2.24, 2.45) is 0 Å². The second-order valence-electron chi connectivity index (χ2n) is 5.58. The molecule has 5 nitrogen and oxygen atoms in total. The smallest absolute Gasteiger partial charge is 0.225 e. The van der Waals surface area contributed by atoms with Crippen LogP contribution in [-0.4, -0.2) is 34.8 Å². The first kappa shape index (κ1) is 16.2. The summed E-state index contributed by atoms with van der Waals surface area (Å²) in [4.78, 5) is 9.12. The van der Waals surface area contributed by atoms with E-state index < -0.39 is 0 Å². The Kier molecular flexibility index (Phi) is 5.58. The van der Waals surface area contributed by atoms with Crippen molar-refractivity contribution in [1.29, 1.82) is 0 Å². The molecule has 3 rings (SSSR count). The molecule has 0 radical (unpaired) electrons. The van der Waals surface area contributed by atoms with Crippen LogP contribution in [0.25, 0.3) is 10.9 Å². The predicted molar refractivity (Wildman–Crippen MR) is 98.4 cm³/mol. The van der Waals surface area contributed by atoms with Crippen LogP contribution in [0.2, 0.25) is 0 Å². The van der Waals surface area contributed by atoms with Crippen molar-refractivity contribution in [2.45, 2.75) is 12.8 Å². The van der Waals surface area contributed by atoms with Crippen LogP contribution in [0, 0.1) is 0 Å². The number of rotatable bonds is 8. The maximum atomic E-state index is 8.90. The third-order valence-corrected chi connectivity index (χ3v) is 3.77. The topological polar surface area (TPSA) is 70.1 Å². The maximum Gasteiger partial charge on any atom is 0.225 e. The Morgan fingerprint density at radius 1 is 0.833 bits per heavy atom. The fourth-order valence-electron chi connectivity index (χ4n) is 2.54. The van der Waals surface area contributed by atoms with Gasteiger partial charge in [0.05, 0.1) is 5.52 Å². The SMILES string of the molecule is OCCCNc1nc(NCCc2ccccc2)c2ccccc2n1. The van der Waals surface area contributed by atoms with Crippen LogP contribution in [0.1, 0.15) is 12.0 Å². The van der Waals surface area contributed by atoms with Crippen LogP contribution in [0.15, 0.2) is 54.6 Å². The van der Waals surface area contributed by atoms with Crippen LogP contribution in [0.3, 0.4) is 0 Å².